The van der Waals surface area contributed by atoms with Crippen LogP contribution >= 0.6 is 0 Å². The highest BCUT2D eigenvalue weighted by Crippen LogP contribution is 2.30. The summed E-state index contributed by atoms with van der Waals surface area (Å²) >= 11 is 0. The van der Waals surface area contributed by atoms with Gasteiger partial charge >= 0.3 is 5.97 Å². The van der Waals surface area contributed by atoms with E-state index in [2.05, 4.69) is 15.6 Å². The van der Waals surface area contributed by atoms with Gasteiger partial charge in [-0.05, 0) is 19.1 Å². The monoisotopic (exact) mass is 320 g/mol. The van der Waals surface area contributed by atoms with Crippen LogP contribution in [-0.2, 0) is 11.3 Å². The summed E-state index contributed by atoms with van der Waals surface area (Å²) in [5.74, 6) is -0.500. The van der Waals surface area contributed by atoms with E-state index in [0.717, 1.165) is 4.68 Å². The van der Waals surface area contributed by atoms with Gasteiger partial charge in [-0.25, -0.2) is 9.48 Å². The minimum atomic E-state index is -1.20. The lowest BCUT2D eigenvalue weighted by Crippen LogP contribution is -2.19. The number of benzene rings is 1. The fourth-order valence-electron chi connectivity index (χ4n) is 1.84. The molecule has 122 valence electrons. The van der Waals surface area contributed by atoms with Gasteiger partial charge in [0.05, 0.1) is 19.9 Å². The summed E-state index contributed by atoms with van der Waals surface area (Å²) in [5.41, 5.74) is 0.300. The summed E-state index contributed by atoms with van der Waals surface area (Å²) in [7, 11) is 1.51. The molecular formula is C14H16N4O5. The molecule has 1 amide bonds. The van der Waals surface area contributed by atoms with Gasteiger partial charge in [0.1, 0.15) is 6.54 Å². The van der Waals surface area contributed by atoms with Crippen LogP contribution in [0.25, 0.3) is 0 Å². The number of amides is 1. The Morgan fingerprint density at radius 1 is 1.35 bits per heavy atom. The summed E-state index contributed by atoms with van der Waals surface area (Å²) in [6.45, 7) is 2.20. The van der Waals surface area contributed by atoms with Gasteiger partial charge in [0.2, 0.25) is 5.91 Å². The molecule has 2 rings (SSSR count). The minimum Gasteiger partial charge on any atom is -0.493 e. The Bertz CT molecular complexity index is 713. The van der Waals surface area contributed by atoms with Crippen LogP contribution in [0.4, 0.5) is 5.69 Å². The van der Waals surface area contributed by atoms with Crippen molar-refractivity contribution in [1.29, 1.82) is 0 Å². The largest absolute Gasteiger partial charge is 0.493 e. The maximum absolute atomic E-state index is 12.0. The van der Waals surface area contributed by atoms with Gasteiger partial charge in [-0.15, -0.1) is 5.10 Å². The summed E-state index contributed by atoms with van der Waals surface area (Å²) in [4.78, 5) is 22.7. The Balaban J connectivity index is 2.03. The number of rotatable bonds is 7. The number of hydrogen-bond donors (Lipinski definition) is 2. The van der Waals surface area contributed by atoms with Gasteiger partial charge < -0.3 is 19.9 Å². The predicted octanol–water partition coefficient (Wildman–Crippen LogP) is 1.02. The summed E-state index contributed by atoms with van der Waals surface area (Å²) in [6.07, 6.45) is 1.18. The molecule has 0 aliphatic rings. The highest BCUT2D eigenvalue weighted by atomic mass is 16.5. The number of anilines is 1. The minimum absolute atomic E-state index is 0.157. The van der Waals surface area contributed by atoms with Crippen LogP contribution in [0, 0.1) is 0 Å². The number of aromatic carboxylic acids is 1. The van der Waals surface area contributed by atoms with E-state index >= 15 is 0 Å². The van der Waals surface area contributed by atoms with E-state index in [9.17, 15) is 9.59 Å². The van der Waals surface area contributed by atoms with E-state index in [1.165, 1.54) is 13.3 Å². The van der Waals surface area contributed by atoms with Crippen LogP contribution in [0.15, 0.2) is 24.4 Å². The third-order valence-corrected chi connectivity index (χ3v) is 2.81. The second kappa shape index (κ2) is 7.25. The third-order valence-electron chi connectivity index (χ3n) is 2.81. The van der Waals surface area contributed by atoms with E-state index in [-0.39, 0.29) is 18.1 Å². The maximum Gasteiger partial charge on any atom is 0.358 e. The van der Waals surface area contributed by atoms with Crippen molar-refractivity contribution in [2.45, 2.75) is 13.5 Å². The van der Waals surface area contributed by atoms with Crippen molar-refractivity contribution >= 4 is 17.6 Å². The van der Waals surface area contributed by atoms with E-state index in [1.54, 1.807) is 18.2 Å². The summed E-state index contributed by atoms with van der Waals surface area (Å²) < 4.78 is 11.7. The molecule has 2 aromatic rings. The number of nitrogens with zero attached hydrogens (tertiary/aromatic N) is 3. The van der Waals surface area contributed by atoms with Gasteiger partial charge in [0.25, 0.3) is 0 Å². The molecule has 1 aromatic carbocycles. The predicted molar refractivity (Wildman–Crippen MR) is 79.8 cm³/mol. The van der Waals surface area contributed by atoms with Crippen molar-refractivity contribution < 1.29 is 24.2 Å². The number of carbonyl (C=O) groups excluding carboxylic acids is 1. The average Bonchev–Trinajstić information content (AvgIpc) is 2.97. The van der Waals surface area contributed by atoms with Crippen LogP contribution in [0.1, 0.15) is 17.4 Å². The topological polar surface area (TPSA) is 116 Å². The fraction of sp³-hybridized carbons (Fsp3) is 0.286. The maximum atomic E-state index is 12.0. The molecular weight excluding hydrogens is 304 g/mol. The molecule has 9 heteroatoms. The fourth-order valence-corrected chi connectivity index (χ4v) is 1.84. The van der Waals surface area contributed by atoms with Crippen molar-refractivity contribution in [2.75, 3.05) is 19.0 Å². The van der Waals surface area contributed by atoms with Crippen molar-refractivity contribution in [1.82, 2.24) is 15.0 Å². The molecule has 9 nitrogen and oxygen atoms in total. The lowest BCUT2D eigenvalue weighted by atomic mass is 10.2. The van der Waals surface area contributed by atoms with Gasteiger partial charge in [-0.2, -0.15) is 0 Å². The van der Waals surface area contributed by atoms with Gasteiger partial charge in [0, 0.05) is 11.8 Å². The number of carbonyl (C=O) groups is 2. The van der Waals surface area contributed by atoms with E-state index < -0.39 is 5.97 Å². The number of methoxy groups -OCH3 is 1. The number of carboxylic acids is 1. The summed E-state index contributed by atoms with van der Waals surface area (Å²) in [6, 6.07) is 5.00. The van der Waals surface area contributed by atoms with Crippen LogP contribution in [0.2, 0.25) is 0 Å². The number of carboxylic acid groups (broad SMARTS) is 1. The summed E-state index contributed by atoms with van der Waals surface area (Å²) in [5, 5.41) is 18.4. The van der Waals surface area contributed by atoms with Crippen molar-refractivity contribution in [3.05, 3.63) is 30.1 Å². The Hall–Kier alpha value is -3.10. The van der Waals surface area contributed by atoms with Gasteiger partial charge in [-0.3, -0.25) is 4.79 Å². The lowest BCUT2D eigenvalue weighted by Gasteiger charge is -2.11. The Morgan fingerprint density at radius 3 is 2.74 bits per heavy atom. The number of aromatic nitrogens is 3. The molecule has 0 bridgehead atoms. The normalized spacial score (nSPS) is 10.2. The van der Waals surface area contributed by atoms with Crippen molar-refractivity contribution in [2.24, 2.45) is 0 Å². The Morgan fingerprint density at radius 2 is 2.13 bits per heavy atom. The smallest absolute Gasteiger partial charge is 0.358 e. The van der Waals surface area contributed by atoms with Crippen molar-refractivity contribution in [3.63, 3.8) is 0 Å². The zero-order valence-corrected chi connectivity index (χ0v) is 12.6. The zero-order chi connectivity index (χ0) is 16.8. The standard InChI is InChI=1S/C14H16N4O5/c1-3-23-11-5-4-9(6-12(11)22-2)15-13(19)8-18-7-10(14(20)21)16-17-18/h4-7H,3,8H2,1-2H3,(H,15,19)(H,20,21). The van der Waals surface area contributed by atoms with E-state index in [1.807, 2.05) is 6.92 Å². The SMILES string of the molecule is CCOc1ccc(NC(=O)Cn2cc(C(=O)O)nn2)cc1OC. The molecule has 0 aliphatic carbocycles. The highest BCUT2D eigenvalue weighted by Gasteiger charge is 2.12. The second-order valence-electron chi connectivity index (χ2n) is 4.45. The lowest BCUT2D eigenvalue weighted by molar-refractivity contribution is -0.116. The molecule has 0 spiro atoms. The van der Waals surface area contributed by atoms with Crippen LogP contribution < -0.4 is 14.8 Å². The first-order valence-corrected chi connectivity index (χ1v) is 6.77. The molecule has 0 radical (unpaired) electrons. The first-order valence-electron chi connectivity index (χ1n) is 6.77. The van der Waals surface area contributed by atoms with Crippen LogP contribution in [0.5, 0.6) is 11.5 Å². The Kier molecular flexibility index (Phi) is 5.13. The van der Waals surface area contributed by atoms with Crippen LogP contribution in [-0.4, -0.2) is 45.7 Å². The molecule has 23 heavy (non-hydrogen) atoms. The second-order valence-corrected chi connectivity index (χ2v) is 4.45. The highest BCUT2D eigenvalue weighted by molar-refractivity contribution is 5.91. The number of hydrogen-bond acceptors (Lipinski definition) is 6. The molecule has 1 aromatic heterocycles. The molecule has 0 unspecified atom stereocenters. The number of nitrogens with one attached hydrogen (secondary N) is 1. The molecule has 1 heterocycles. The third kappa shape index (κ3) is 4.19. The van der Waals surface area contributed by atoms with Gasteiger partial charge in [-0.1, -0.05) is 5.21 Å². The molecule has 0 saturated carbocycles. The molecule has 0 atom stereocenters. The molecule has 0 aliphatic heterocycles. The van der Waals surface area contributed by atoms with Crippen molar-refractivity contribution in [3.8, 4) is 11.5 Å². The first-order chi connectivity index (χ1) is 11.0. The first kappa shape index (κ1) is 16.3. The van der Waals surface area contributed by atoms with Crippen LogP contribution in [0.3, 0.4) is 0 Å². The van der Waals surface area contributed by atoms with E-state index in [4.69, 9.17) is 14.6 Å². The quantitative estimate of drug-likeness (QED) is 0.782. The Labute approximate surface area is 131 Å². The molecule has 0 saturated heterocycles. The number of ether oxygens (including phenoxy) is 2. The molecule has 2 N–H and O–H groups in total. The average molecular weight is 320 g/mol. The van der Waals surface area contributed by atoms with Gasteiger partial charge in [0.15, 0.2) is 17.2 Å². The molecule has 0 fully saturated rings. The van der Waals surface area contributed by atoms with E-state index in [0.29, 0.717) is 23.8 Å². The zero-order valence-electron chi connectivity index (χ0n) is 12.6.